The number of carbonyl (C=O) groups is 2. The zero-order valence-electron chi connectivity index (χ0n) is 14.3. The van der Waals surface area contributed by atoms with E-state index in [1.807, 2.05) is 13.0 Å². The maximum absolute atomic E-state index is 13.0. The Labute approximate surface area is 160 Å². The number of hydrogen-bond donors (Lipinski definition) is 2. The number of nitrogens with zero attached hydrogens (tertiary/aromatic N) is 1. The van der Waals surface area contributed by atoms with Crippen molar-refractivity contribution >= 4 is 34.9 Å². The molecule has 1 aromatic heterocycles. The number of hydrogen-bond acceptors (Lipinski definition) is 3. The van der Waals surface area contributed by atoms with E-state index in [-0.39, 0.29) is 16.8 Å². The normalized spacial score (nSPS) is 10.3. The summed E-state index contributed by atoms with van der Waals surface area (Å²) >= 11 is 6.01. The molecule has 0 saturated heterocycles. The van der Waals surface area contributed by atoms with Gasteiger partial charge in [-0.2, -0.15) is 0 Å². The van der Waals surface area contributed by atoms with Gasteiger partial charge in [-0.1, -0.05) is 17.7 Å². The van der Waals surface area contributed by atoms with E-state index >= 15 is 0 Å². The number of carbonyl (C=O) groups excluding carboxylic acids is 2. The van der Waals surface area contributed by atoms with Gasteiger partial charge in [0, 0.05) is 16.8 Å². The molecule has 0 aliphatic rings. The molecule has 7 heteroatoms. The number of benzene rings is 2. The fourth-order valence-corrected chi connectivity index (χ4v) is 2.51. The van der Waals surface area contributed by atoms with E-state index in [1.54, 1.807) is 18.3 Å². The topological polar surface area (TPSA) is 71.1 Å². The van der Waals surface area contributed by atoms with Crippen molar-refractivity contribution in [3.8, 4) is 0 Å². The van der Waals surface area contributed by atoms with Crippen LogP contribution in [0.5, 0.6) is 0 Å². The summed E-state index contributed by atoms with van der Waals surface area (Å²) in [6, 6.07) is 13.1. The zero-order valence-corrected chi connectivity index (χ0v) is 15.0. The van der Waals surface area contributed by atoms with Crippen LogP contribution in [0.15, 0.2) is 60.8 Å². The highest BCUT2D eigenvalue weighted by atomic mass is 35.5. The van der Waals surface area contributed by atoms with Gasteiger partial charge in [0.2, 0.25) is 0 Å². The Morgan fingerprint density at radius 2 is 1.70 bits per heavy atom. The molecule has 0 bridgehead atoms. The van der Waals surface area contributed by atoms with Crippen LogP contribution in [-0.2, 0) is 0 Å². The Hall–Kier alpha value is -3.25. The predicted octanol–water partition coefficient (Wildman–Crippen LogP) is 4.69. The molecule has 0 fully saturated rings. The number of aryl methyl sites for hydroxylation is 1. The lowest BCUT2D eigenvalue weighted by molar-refractivity contribution is 0.102. The number of amides is 2. The Morgan fingerprint density at radius 3 is 2.37 bits per heavy atom. The van der Waals surface area contributed by atoms with Crippen molar-refractivity contribution in [1.82, 2.24) is 4.98 Å². The summed E-state index contributed by atoms with van der Waals surface area (Å²) in [4.78, 5) is 29.1. The SMILES string of the molecule is Cc1ccc(NC(=O)c2cc(Cl)ccc2NC(=O)c2ccc(F)cc2)nc1. The van der Waals surface area contributed by atoms with Crippen LogP contribution in [0.4, 0.5) is 15.9 Å². The standard InChI is InChI=1S/C20H15ClFN3O2/c1-12-2-9-18(23-11-12)25-20(27)16-10-14(21)5-8-17(16)24-19(26)13-3-6-15(22)7-4-13/h2-11H,1H3,(H,24,26)(H,23,25,27). The van der Waals surface area contributed by atoms with Crippen LogP contribution in [0.1, 0.15) is 26.3 Å². The van der Waals surface area contributed by atoms with Crippen molar-refractivity contribution in [2.24, 2.45) is 0 Å². The third kappa shape index (κ3) is 4.68. The maximum atomic E-state index is 13.0. The molecule has 1 heterocycles. The zero-order chi connectivity index (χ0) is 19.4. The molecule has 5 nitrogen and oxygen atoms in total. The summed E-state index contributed by atoms with van der Waals surface area (Å²) < 4.78 is 13.0. The predicted molar refractivity (Wildman–Crippen MR) is 103 cm³/mol. The minimum absolute atomic E-state index is 0.181. The van der Waals surface area contributed by atoms with Crippen LogP contribution in [-0.4, -0.2) is 16.8 Å². The van der Waals surface area contributed by atoms with E-state index in [0.29, 0.717) is 10.8 Å². The van der Waals surface area contributed by atoms with Crippen molar-refractivity contribution in [1.29, 1.82) is 0 Å². The van der Waals surface area contributed by atoms with Gasteiger partial charge in [-0.25, -0.2) is 9.37 Å². The molecule has 0 unspecified atom stereocenters. The molecule has 0 atom stereocenters. The first kappa shape index (κ1) is 18.5. The van der Waals surface area contributed by atoms with E-state index < -0.39 is 17.6 Å². The van der Waals surface area contributed by atoms with Gasteiger partial charge in [-0.15, -0.1) is 0 Å². The van der Waals surface area contributed by atoms with Crippen molar-refractivity contribution in [2.45, 2.75) is 6.92 Å². The monoisotopic (exact) mass is 383 g/mol. The summed E-state index contributed by atoms with van der Waals surface area (Å²) in [5, 5.41) is 5.66. The second-order valence-electron chi connectivity index (χ2n) is 5.83. The first-order chi connectivity index (χ1) is 12.9. The molecule has 27 heavy (non-hydrogen) atoms. The number of halogens is 2. The van der Waals surface area contributed by atoms with Crippen molar-refractivity contribution in [2.75, 3.05) is 10.6 Å². The fraction of sp³-hybridized carbons (Fsp3) is 0.0500. The second-order valence-corrected chi connectivity index (χ2v) is 6.26. The fourth-order valence-electron chi connectivity index (χ4n) is 2.33. The van der Waals surface area contributed by atoms with Gasteiger partial charge >= 0.3 is 0 Å². The number of anilines is 2. The third-order valence-electron chi connectivity index (χ3n) is 3.73. The van der Waals surface area contributed by atoms with Crippen LogP contribution in [0.2, 0.25) is 5.02 Å². The Balaban J connectivity index is 1.83. The quantitative estimate of drug-likeness (QED) is 0.686. The van der Waals surface area contributed by atoms with Crippen LogP contribution in [0.3, 0.4) is 0 Å². The molecule has 0 spiro atoms. The van der Waals surface area contributed by atoms with E-state index in [1.165, 1.54) is 36.4 Å². The Morgan fingerprint density at radius 1 is 0.963 bits per heavy atom. The smallest absolute Gasteiger partial charge is 0.258 e. The Bertz CT molecular complexity index is 989. The highest BCUT2D eigenvalue weighted by Crippen LogP contribution is 2.23. The highest BCUT2D eigenvalue weighted by Gasteiger charge is 2.16. The molecule has 0 saturated carbocycles. The minimum atomic E-state index is -0.472. The summed E-state index contributed by atoms with van der Waals surface area (Å²) in [6.07, 6.45) is 1.63. The molecule has 0 aliphatic carbocycles. The average molecular weight is 384 g/mol. The minimum Gasteiger partial charge on any atom is -0.321 e. The first-order valence-corrected chi connectivity index (χ1v) is 8.40. The van der Waals surface area contributed by atoms with Gasteiger partial charge in [0.15, 0.2) is 0 Å². The molecule has 3 aromatic rings. The molecule has 3 rings (SSSR count). The van der Waals surface area contributed by atoms with Gasteiger partial charge < -0.3 is 10.6 Å². The van der Waals surface area contributed by atoms with E-state index in [2.05, 4.69) is 15.6 Å². The summed E-state index contributed by atoms with van der Waals surface area (Å²) in [7, 11) is 0. The van der Waals surface area contributed by atoms with Gasteiger partial charge in [0.25, 0.3) is 11.8 Å². The van der Waals surface area contributed by atoms with Crippen LogP contribution in [0, 0.1) is 12.7 Å². The Kier molecular flexibility index (Phi) is 5.47. The molecule has 0 aliphatic heterocycles. The van der Waals surface area contributed by atoms with E-state index in [0.717, 1.165) is 5.56 Å². The molecular formula is C20H15ClFN3O2. The van der Waals surface area contributed by atoms with Gasteiger partial charge in [-0.05, 0) is 61.0 Å². The number of pyridine rings is 1. The van der Waals surface area contributed by atoms with E-state index in [9.17, 15) is 14.0 Å². The molecule has 0 radical (unpaired) electrons. The van der Waals surface area contributed by atoms with Crippen molar-refractivity contribution < 1.29 is 14.0 Å². The van der Waals surface area contributed by atoms with Crippen LogP contribution >= 0.6 is 11.6 Å². The highest BCUT2D eigenvalue weighted by molar-refractivity contribution is 6.31. The molecule has 2 aromatic carbocycles. The second kappa shape index (κ2) is 7.97. The van der Waals surface area contributed by atoms with Crippen LogP contribution < -0.4 is 10.6 Å². The summed E-state index contributed by atoms with van der Waals surface area (Å²) in [5.74, 6) is -1.01. The van der Waals surface area contributed by atoms with Gasteiger partial charge in [-0.3, -0.25) is 9.59 Å². The number of rotatable bonds is 4. The molecule has 2 N–H and O–H groups in total. The molecular weight excluding hydrogens is 369 g/mol. The molecule has 136 valence electrons. The largest absolute Gasteiger partial charge is 0.321 e. The lowest BCUT2D eigenvalue weighted by atomic mass is 10.1. The lowest BCUT2D eigenvalue weighted by Crippen LogP contribution is -2.18. The third-order valence-corrected chi connectivity index (χ3v) is 3.97. The van der Waals surface area contributed by atoms with Crippen molar-refractivity contribution in [3.63, 3.8) is 0 Å². The van der Waals surface area contributed by atoms with Crippen molar-refractivity contribution in [3.05, 3.63) is 88.3 Å². The number of nitrogens with one attached hydrogen (secondary N) is 2. The van der Waals surface area contributed by atoms with E-state index in [4.69, 9.17) is 11.6 Å². The molecule has 2 amide bonds. The summed E-state index contributed by atoms with van der Waals surface area (Å²) in [5.41, 5.74) is 1.68. The lowest BCUT2D eigenvalue weighted by Gasteiger charge is -2.12. The average Bonchev–Trinajstić information content (AvgIpc) is 2.65. The first-order valence-electron chi connectivity index (χ1n) is 8.03. The van der Waals surface area contributed by atoms with Gasteiger partial charge in [0.1, 0.15) is 11.6 Å². The number of aromatic nitrogens is 1. The summed E-state index contributed by atoms with van der Waals surface area (Å²) in [6.45, 7) is 1.89. The van der Waals surface area contributed by atoms with Gasteiger partial charge in [0.05, 0.1) is 11.3 Å². The van der Waals surface area contributed by atoms with Crippen LogP contribution in [0.25, 0.3) is 0 Å². The maximum Gasteiger partial charge on any atom is 0.258 e.